The van der Waals surface area contributed by atoms with Crippen molar-refractivity contribution in [3.05, 3.63) is 52.1 Å². The number of benzene rings is 1. The highest BCUT2D eigenvalue weighted by Gasteiger charge is 2.08. The fourth-order valence-electron chi connectivity index (χ4n) is 2.30. The predicted molar refractivity (Wildman–Crippen MR) is 83.2 cm³/mol. The molecule has 0 aliphatic rings. The molecular weight excluding hydrogens is 268 g/mol. The Hall–Kier alpha value is -1.65. The molecule has 3 nitrogen and oxygen atoms in total. The highest BCUT2D eigenvalue weighted by molar-refractivity contribution is 7.09. The lowest BCUT2D eigenvalue weighted by Crippen LogP contribution is -1.99. The Morgan fingerprint density at radius 3 is 2.85 bits per heavy atom. The lowest BCUT2D eigenvalue weighted by molar-refractivity contribution is 0.282. The minimum absolute atomic E-state index is 0.0787. The zero-order valence-corrected chi connectivity index (χ0v) is 12.5. The van der Waals surface area contributed by atoms with E-state index in [9.17, 15) is 5.11 Å². The molecule has 0 atom stereocenters. The molecule has 0 radical (unpaired) electrons. The minimum atomic E-state index is 0.0787. The van der Waals surface area contributed by atoms with Crippen LogP contribution in [0, 0.1) is 0 Å². The van der Waals surface area contributed by atoms with Gasteiger partial charge >= 0.3 is 0 Å². The van der Waals surface area contributed by atoms with Gasteiger partial charge in [-0.1, -0.05) is 26.0 Å². The molecule has 0 saturated carbocycles. The van der Waals surface area contributed by atoms with Gasteiger partial charge in [0.25, 0.3) is 0 Å². The Bertz CT molecular complexity index is 727. The fourth-order valence-corrected chi connectivity index (χ4v) is 3.13. The van der Waals surface area contributed by atoms with E-state index in [0.29, 0.717) is 5.92 Å². The Labute approximate surface area is 122 Å². The molecule has 104 valence electrons. The highest BCUT2D eigenvalue weighted by Crippen LogP contribution is 2.22. The molecular formula is C16H18N2OS. The van der Waals surface area contributed by atoms with Crippen LogP contribution in [0.5, 0.6) is 0 Å². The number of aliphatic hydroxyl groups is 1. The molecule has 0 saturated heterocycles. The molecule has 0 bridgehead atoms. The molecule has 0 aliphatic heterocycles. The second kappa shape index (κ2) is 5.38. The maximum atomic E-state index is 9.26. The van der Waals surface area contributed by atoms with Crippen molar-refractivity contribution in [1.29, 1.82) is 0 Å². The Balaban J connectivity index is 1.93. The van der Waals surface area contributed by atoms with Gasteiger partial charge in [0.15, 0.2) is 0 Å². The van der Waals surface area contributed by atoms with Crippen LogP contribution in [0.4, 0.5) is 0 Å². The van der Waals surface area contributed by atoms with Gasteiger partial charge in [-0.3, -0.25) is 0 Å². The topological polar surface area (TPSA) is 38.0 Å². The number of aliphatic hydroxyl groups excluding tert-OH is 1. The second-order valence-electron chi connectivity index (χ2n) is 5.33. The van der Waals surface area contributed by atoms with E-state index >= 15 is 0 Å². The summed E-state index contributed by atoms with van der Waals surface area (Å²) in [4.78, 5) is 4.68. The van der Waals surface area contributed by atoms with Crippen LogP contribution in [-0.4, -0.2) is 14.7 Å². The van der Waals surface area contributed by atoms with Crippen molar-refractivity contribution in [3.63, 3.8) is 0 Å². The minimum Gasteiger partial charge on any atom is -0.392 e. The number of fused-ring (bicyclic) bond motifs is 1. The summed E-state index contributed by atoms with van der Waals surface area (Å²) in [5.74, 6) is 0.483. The molecule has 0 spiro atoms. The van der Waals surface area contributed by atoms with Gasteiger partial charge in [-0.05, 0) is 23.1 Å². The molecule has 1 aromatic carbocycles. The summed E-state index contributed by atoms with van der Waals surface area (Å²) in [6.45, 7) is 5.19. The molecule has 4 heteroatoms. The van der Waals surface area contributed by atoms with E-state index in [-0.39, 0.29) is 6.61 Å². The third-order valence-corrected chi connectivity index (χ3v) is 4.61. The van der Waals surface area contributed by atoms with E-state index in [2.05, 4.69) is 47.1 Å². The zero-order valence-electron chi connectivity index (χ0n) is 11.7. The summed E-state index contributed by atoms with van der Waals surface area (Å²) >= 11 is 1.73. The average Bonchev–Trinajstić information content (AvgIpc) is 3.06. The highest BCUT2D eigenvalue weighted by atomic mass is 32.1. The van der Waals surface area contributed by atoms with Crippen molar-refractivity contribution in [1.82, 2.24) is 9.55 Å². The van der Waals surface area contributed by atoms with Crippen LogP contribution in [0.1, 0.15) is 36.0 Å². The SMILES string of the molecule is CC(C)c1nc(Cn2ccc3ccc(CO)cc32)cs1. The monoisotopic (exact) mass is 286 g/mol. The van der Waals surface area contributed by atoms with Gasteiger partial charge in [-0.15, -0.1) is 11.3 Å². The Morgan fingerprint density at radius 2 is 2.15 bits per heavy atom. The van der Waals surface area contributed by atoms with Crippen molar-refractivity contribution in [2.75, 3.05) is 0 Å². The molecule has 2 aromatic heterocycles. The smallest absolute Gasteiger partial charge is 0.0954 e. The van der Waals surface area contributed by atoms with E-state index in [0.717, 1.165) is 23.3 Å². The third kappa shape index (κ3) is 2.49. The van der Waals surface area contributed by atoms with Crippen LogP contribution < -0.4 is 0 Å². The Morgan fingerprint density at radius 1 is 1.30 bits per heavy atom. The molecule has 0 amide bonds. The standard InChI is InChI=1S/C16H18N2OS/c1-11(2)16-17-14(10-20-16)8-18-6-5-13-4-3-12(9-19)7-15(13)18/h3-7,10-11,19H,8-9H2,1-2H3. The normalized spacial score (nSPS) is 11.6. The summed E-state index contributed by atoms with van der Waals surface area (Å²) in [7, 11) is 0. The first kappa shape index (κ1) is 13.3. The molecule has 0 unspecified atom stereocenters. The van der Waals surface area contributed by atoms with E-state index in [1.807, 2.05) is 12.1 Å². The van der Waals surface area contributed by atoms with Gasteiger partial charge in [0.05, 0.1) is 23.9 Å². The molecule has 3 aromatic rings. The van der Waals surface area contributed by atoms with E-state index in [1.54, 1.807) is 11.3 Å². The maximum absolute atomic E-state index is 9.26. The summed E-state index contributed by atoms with van der Waals surface area (Å²) < 4.78 is 2.19. The number of rotatable bonds is 4. The van der Waals surface area contributed by atoms with Crippen LogP contribution in [0.3, 0.4) is 0 Å². The molecule has 0 fully saturated rings. The molecule has 2 heterocycles. The molecule has 0 aliphatic carbocycles. The average molecular weight is 286 g/mol. The number of hydrogen-bond donors (Lipinski definition) is 1. The lowest BCUT2D eigenvalue weighted by Gasteiger charge is -2.04. The molecule has 1 N–H and O–H groups in total. The summed E-state index contributed by atoms with van der Waals surface area (Å²) in [6.07, 6.45) is 2.08. The largest absolute Gasteiger partial charge is 0.392 e. The van der Waals surface area contributed by atoms with Crippen molar-refractivity contribution < 1.29 is 5.11 Å². The first-order valence-corrected chi connectivity index (χ1v) is 7.68. The number of thiazole rings is 1. The van der Waals surface area contributed by atoms with Crippen molar-refractivity contribution in [2.45, 2.75) is 32.9 Å². The third-order valence-electron chi connectivity index (χ3n) is 3.42. The van der Waals surface area contributed by atoms with Gasteiger partial charge in [0, 0.05) is 23.0 Å². The van der Waals surface area contributed by atoms with Gasteiger partial charge in [-0.2, -0.15) is 0 Å². The second-order valence-corrected chi connectivity index (χ2v) is 6.22. The van der Waals surface area contributed by atoms with Crippen molar-refractivity contribution in [2.24, 2.45) is 0 Å². The summed E-state index contributed by atoms with van der Waals surface area (Å²) in [5, 5.41) is 13.8. The van der Waals surface area contributed by atoms with Crippen LogP contribution in [0.2, 0.25) is 0 Å². The lowest BCUT2D eigenvalue weighted by atomic mass is 10.2. The van der Waals surface area contributed by atoms with E-state index in [1.165, 1.54) is 10.4 Å². The van der Waals surface area contributed by atoms with Crippen LogP contribution in [0.25, 0.3) is 10.9 Å². The van der Waals surface area contributed by atoms with Crippen molar-refractivity contribution in [3.8, 4) is 0 Å². The zero-order chi connectivity index (χ0) is 14.1. The summed E-state index contributed by atoms with van der Waals surface area (Å²) in [5.41, 5.74) is 3.19. The van der Waals surface area contributed by atoms with E-state index in [4.69, 9.17) is 0 Å². The van der Waals surface area contributed by atoms with Gasteiger partial charge in [0.2, 0.25) is 0 Å². The quantitative estimate of drug-likeness (QED) is 0.793. The number of aromatic nitrogens is 2. The van der Waals surface area contributed by atoms with Gasteiger partial charge in [-0.25, -0.2) is 4.98 Å². The first-order chi connectivity index (χ1) is 9.67. The van der Waals surface area contributed by atoms with Gasteiger partial charge in [0.1, 0.15) is 0 Å². The Kier molecular flexibility index (Phi) is 3.59. The van der Waals surface area contributed by atoms with Crippen LogP contribution in [0.15, 0.2) is 35.8 Å². The van der Waals surface area contributed by atoms with Gasteiger partial charge < -0.3 is 9.67 Å². The fraction of sp³-hybridized carbons (Fsp3) is 0.312. The van der Waals surface area contributed by atoms with Crippen LogP contribution in [-0.2, 0) is 13.2 Å². The summed E-state index contributed by atoms with van der Waals surface area (Å²) in [6, 6.07) is 8.17. The number of nitrogens with zero attached hydrogens (tertiary/aromatic N) is 2. The van der Waals surface area contributed by atoms with Crippen molar-refractivity contribution >= 4 is 22.2 Å². The maximum Gasteiger partial charge on any atom is 0.0954 e. The molecule has 20 heavy (non-hydrogen) atoms. The molecule has 3 rings (SSSR count). The first-order valence-electron chi connectivity index (χ1n) is 6.80. The number of hydrogen-bond acceptors (Lipinski definition) is 3. The predicted octanol–water partition coefficient (Wildman–Crippen LogP) is 3.76. The van der Waals surface area contributed by atoms with Crippen LogP contribution >= 0.6 is 11.3 Å². The van der Waals surface area contributed by atoms with E-state index < -0.39 is 0 Å².